The molecule has 0 radical (unpaired) electrons. The molecule has 0 bridgehead atoms. The quantitative estimate of drug-likeness (QED) is 0.495. The van der Waals surface area contributed by atoms with Gasteiger partial charge in [-0.25, -0.2) is 13.1 Å². The van der Waals surface area contributed by atoms with Gasteiger partial charge in [-0.2, -0.15) is 0 Å². The third-order valence-electron chi connectivity index (χ3n) is 3.15. The van der Waals surface area contributed by atoms with Crippen molar-refractivity contribution in [2.45, 2.75) is 44.1 Å². The van der Waals surface area contributed by atoms with E-state index in [1.807, 2.05) is 38.1 Å². The predicted octanol–water partition coefficient (Wildman–Crippen LogP) is 2.19. The van der Waals surface area contributed by atoms with Crippen LogP contribution in [0.25, 0.3) is 0 Å². The Bertz CT molecular complexity index is 832. The Balaban J connectivity index is 1.81. The third-order valence-corrected chi connectivity index (χ3v) is 5.82. The molecule has 142 valence electrons. The summed E-state index contributed by atoms with van der Waals surface area (Å²) in [5.41, 5.74) is 1.10. The van der Waals surface area contributed by atoms with E-state index in [-0.39, 0.29) is 28.0 Å². The topological polar surface area (TPSA) is 110 Å². The molecule has 0 aliphatic heterocycles. The first-order valence-electron chi connectivity index (χ1n) is 8.12. The SMILES string of the molecule is CC(=O)Nc1nnc(S(=O)(=O)NCCCc2ccc(OC(C)C)cc2)s1. The molecule has 10 heteroatoms. The number of hydrogen-bond acceptors (Lipinski definition) is 7. The van der Waals surface area contributed by atoms with Gasteiger partial charge in [-0.3, -0.25) is 4.79 Å². The number of aromatic nitrogens is 2. The summed E-state index contributed by atoms with van der Waals surface area (Å²) in [5.74, 6) is 0.485. The number of amides is 1. The standard InChI is InChI=1S/C16H22N4O4S2/c1-11(2)24-14-8-6-13(7-9-14)5-4-10-17-26(22,23)16-20-19-15(25-16)18-12(3)21/h6-9,11,17H,4-5,10H2,1-3H3,(H,18,19,21). The second-order valence-corrected chi connectivity index (χ2v) is 8.78. The molecule has 26 heavy (non-hydrogen) atoms. The van der Waals surface area contributed by atoms with E-state index in [4.69, 9.17) is 4.74 Å². The number of nitrogens with one attached hydrogen (secondary N) is 2. The summed E-state index contributed by atoms with van der Waals surface area (Å²) in [6.07, 6.45) is 1.50. The van der Waals surface area contributed by atoms with Gasteiger partial charge >= 0.3 is 0 Å². The van der Waals surface area contributed by atoms with Crippen molar-refractivity contribution in [2.75, 3.05) is 11.9 Å². The van der Waals surface area contributed by atoms with Crippen LogP contribution in [0.5, 0.6) is 5.75 Å². The van der Waals surface area contributed by atoms with Crippen molar-refractivity contribution in [3.05, 3.63) is 29.8 Å². The summed E-state index contributed by atoms with van der Waals surface area (Å²) in [5, 5.41) is 9.79. The lowest BCUT2D eigenvalue weighted by molar-refractivity contribution is -0.114. The van der Waals surface area contributed by atoms with Gasteiger partial charge in [0.05, 0.1) is 6.10 Å². The minimum Gasteiger partial charge on any atom is -0.491 e. The van der Waals surface area contributed by atoms with E-state index in [1.165, 1.54) is 6.92 Å². The Morgan fingerprint density at radius 3 is 2.54 bits per heavy atom. The summed E-state index contributed by atoms with van der Waals surface area (Å²) in [6.45, 7) is 5.53. The molecule has 1 aromatic heterocycles. The molecule has 0 fully saturated rings. The lowest BCUT2D eigenvalue weighted by atomic mass is 10.1. The fraction of sp³-hybridized carbons (Fsp3) is 0.438. The van der Waals surface area contributed by atoms with Crippen molar-refractivity contribution in [2.24, 2.45) is 0 Å². The van der Waals surface area contributed by atoms with Gasteiger partial charge in [0, 0.05) is 13.5 Å². The maximum atomic E-state index is 12.2. The molecule has 0 aliphatic rings. The highest BCUT2D eigenvalue weighted by Crippen LogP contribution is 2.19. The number of benzene rings is 1. The van der Waals surface area contributed by atoms with Gasteiger partial charge in [-0.1, -0.05) is 23.5 Å². The first-order valence-corrected chi connectivity index (χ1v) is 10.4. The molecule has 2 N–H and O–H groups in total. The van der Waals surface area contributed by atoms with Gasteiger partial charge in [0.15, 0.2) is 0 Å². The molecular weight excluding hydrogens is 376 g/mol. The minimum atomic E-state index is -3.73. The van der Waals surface area contributed by atoms with Crippen molar-refractivity contribution in [3.63, 3.8) is 0 Å². The summed E-state index contributed by atoms with van der Waals surface area (Å²) >= 11 is 0.810. The molecule has 2 aromatic rings. The van der Waals surface area contributed by atoms with E-state index in [1.54, 1.807) is 0 Å². The van der Waals surface area contributed by atoms with Crippen molar-refractivity contribution in [3.8, 4) is 5.75 Å². The second kappa shape index (κ2) is 9.06. The zero-order valence-corrected chi connectivity index (χ0v) is 16.5. The minimum absolute atomic E-state index is 0.127. The molecule has 1 aromatic carbocycles. The monoisotopic (exact) mass is 398 g/mol. The molecule has 0 atom stereocenters. The predicted molar refractivity (Wildman–Crippen MR) is 99.9 cm³/mol. The summed E-state index contributed by atoms with van der Waals surface area (Å²) in [4.78, 5) is 10.9. The zero-order valence-electron chi connectivity index (χ0n) is 14.9. The van der Waals surface area contributed by atoms with Crippen LogP contribution in [-0.4, -0.2) is 37.2 Å². The largest absolute Gasteiger partial charge is 0.491 e. The number of carbonyl (C=O) groups excluding carboxylic acids is 1. The van der Waals surface area contributed by atoms with Gasteiger partial charge in [0.1, 0.15) is 5.75 Å². The third kappa shape index (κ3) is 6.36. The van der Waals surface area contributed by atoms with Crippen molar-refractivity contribution < 1.29 is 17.9 Å². The fourth-order valence-corrected chi connectivity index (χ4v) is 4.15. The van der Waals surface area contributed by atoms with Gasteiger partial charge in [-0.05, 0) is 44.4 Å². The Kier molecular flexibility index (Phi) is 7.06. The highest BCUT2D eigenvalue weighted by atomic mass is 32.2. The molecule has 2 rings (SSSR count). The highest BCUT2D eigenvalue weighted by molar-refractivity contribution is 7.91. The van der Waals surface area contributed by atoms with Crippen molar-refractivity contribution >= 4 is 32.4 Å². The van der Waals surface area contributed by atoms with E-state index < -0.39 is 10.0 Å². The summed E-state index contributed by atoms with van der Waals surface area (Å²) in [6, 6.07) is 7.75. The average molecular weight is 399 g/mol. The first-order chi connectivity index (χ1) is 12.3. The molecule has 8 nitrogen and oxygen atoms in total. The number of hydrogen-bond donors (Lipinski definition) is 2. The van der Waals surface area contributed by atoms with Crippen LogP contribution >= 0.6 is 11.3 Å². The summed E-state index contributed by atoms with van der Waals surface area (Å²) < 4.78 is 32.2. The normalized spacial score (nSPS) is 11.5. The van der Waals surface area contributed by atoms with Crippen LogP contribution in [-0.2, 0) is 21.2 Å². The number of rotatable bonds is 9. The van der Waals surface area contributed by atoms with E-state index in [9.17, 15) is 13.2 Å². The van der Waals surface area contributed by atoms with Crippen LogP contribution in [0.3, 0.4) is 0 Å². The number of nitrogens with zero attached hydrogens (tertiary/aromatic N) is 2. The number of ether oxygens (including phenoxy) is 1. The lowest BCUT2D eigenvalue weighted by Gasteiger charge is -2.10. The summed E-state index contributed by atoms with van der Waals surface area (Å²) in [7, 11) is -3.73. The van der Waals surface area contributed by atoms with E-state index in [2.05, 4.69) is 20.2 Å². The number of carbonyl (C=O) groups is 1. The molecule has 1 amide bonds. The van der Waals surface area contributed by atoms with Crippen LogP contribution in [0.1, 0.15) is 32.8 Å². The van der Waals surface area contributed by atoms with Crippen molar-refractivity contribution in [1.29, 1.82) is 0 Å². The van der Waals surface area contributed by atoms with Crippen LogP contribution in [0.2, 0.25) is 0 Å². The molecule has 0 saturated carbocycles. The van der Waals surface area contributed by atoms with E-state index in [0.717, 1.165) is 29.1 Å². The maximum absolute atomic E-state index is 12.2. The highest BCUT2D eigenvalue weighted by Gasteiger charge is 2.19. The molecular formula is C16H22N4O4S2. The van der Waals surface area contributed by atoms with Gasteiger partial charge in [-0.15, -0.1) is 10.2 Å². The number of anilines is 1. The maximum Gasteiger partial charge on any atom is 0.269 e. The molecule has 0 spiro atoms. The van der Waals surface area contributed by atoms with E-state index in [0.29, 0.717) is 6.42 Å². The van der Waals surface area contributed by atoms with Crippen LogP contribution < -0.4 is 14.8 Å². The Morgan fingerprint density at radius 1 is 1.23 bits per heavy atom. The fourth-order valence-electron chi connectivity index (χ4n) is 2.09. The number of sulfonamides is 1. The Morgan fingerprint density at radius 2 is 1.92 bits per heavy atom. The first kappa shape index (κ1) is 20.3. The van der Waals surface area contributed by atoms with Gasteiger partial charge in [0.25, 0.3) is 10.0 Å². The smallest absolute Gasteiger partial charge is 0.269 e. The zero-order chi connectivity index (χ0) is 19.2. The van der Waals surface area contributed by atoms with Gasteiger partial charge in [0.2, 0.25) is 15.4 Å². The Labute approximate surface area is 157 Å². The van der Waals surface area contributed by atoms with Crippen LogP contribution in [0, 0.1) is 0 Å². The second-order valence-electron chi connectivity index (χ2n) is 5.87. The molecule has 0 unspecified atom stereocenters. The Hall–Kier alpha value is -2.04. The molecule has 1 heterocycles. The van der Waals surface area contributed by atoms with Crippen molar-refractivity contribution in [1.82, 2.24) is 14.9 Å². The number of aryl methyl sites for hydroxylation is 1. The van der Waals surface area contributed by atoms with E-state index >= 15 is 0 Å². The molecule has 0 saturated heterocycles. The average Bonchev–Trinajstić information content (AvgIpc) is 3.01. The van der Waals surface area contributed by atoms with Crippen LogP contribution in [0.4, 0.5) is 5.13 Å². The van der Waals surface area contributed by atoms with Crippen LogP contribution in [0.15, 0.2) is 28.6 Å². The molecule has 0 aliphatic carbocycles. The lowest BCUT2D eigenvalue weighted by Crippen LogP contribution is -2.25. The van der Waals surface area contributed by atoms with Gasteiger partial charge < -0.3 is 10.1 Å².